The first-order valence-corrected chi connectivity index (χ1v) is 12.1. The van der Waals surface area contributed by atoms with Crippen LogP contribution >= 0.6 is 0 Å². The molecule has 0 bridgehead atoms. The van der Waals surface area contributed by atoms with Crippen LogP contribution < -0.4 is 0 Å². The number of hydrogen-bond acceptors (Lipinski definition) is 8. The van der Waals surface area contributed by atoms with Gasteiger partial charge in [0.15, 0.2) is 0 Å². The van der Waals surface area contributed by atoms with Crippen molar-refractivity contribution < 1.29 is 78.4 Å². The molecule has 0 radical (unpaired) electrons. The molecule has 2 aliphatic heterocycles. The number of pyridine rings is 1. The number of hydrogen-bond donors (Lipinski definition) is 3. The van der Waals surface area contributed by atoms with E-state index in [0.29, 0.717) is 18.8 Å². The molecule has 2 fully saturated rings. The van der Waals surface area contributed by atoms with E-state index >= 15 is 0 Å². The number of fused-ring (bicyclic) bond motifs is 1. The largest absolute Gasteiger partial charge is 0.490 e. The van der Waals surface area contributed by atoms with Crippen LogP contribution in [0.25, 0.3) is 0 Å². The number of carboxylic acids is 3. The van der Waals surface area contributed by atoms with Crippen LogP contribution in [0.4, 0.5) is 39.5 Å². The van der Waals surface area contributed by atoms with Crippen molar-refractivity contribution in [2.75, 3.05) is 26.2 Å². The van der Waals surface area contributed by atoms with Crippen molar-refractivity contribution >= 4 is 17.9 Å². The maximum absolute atomic E-state index is 10.6. The van der Waals surface area contributed by atoms with Crippen LogP contribution in [0.2, 0.25) is 0 Å². The molecule has 2 aromatic heterocycles. The first-order chi connectivity index (χ1) is 20.2. The van der Waals surface area contributed by atoms with E-state index in [2.05, 4.69) is 26.9 Å². The van der Waals surface area contributed by atoms with Crippen molar-refractivity contribution in [3.8, 4) is 0 Å². The molecule has 44 heavy (non-hydrogen) atoms. The van der Waals surface area contributed by atoms with Gasteiger partial charge in [-0.15, -0.1) is 0 Å². The van der Waals surface area contributed by atoms with E-state index in [0.717, 1.165) is 50.5 Å². The molecule has 11 nitrogen and oxygen atoms in total. The summed E-state index contributed by atoms with van der Waals surface area (Å²) in [6.07, 6.45) is -8.36. The van der Waals surface area contributed by atoms with E-state index in [-0.39, 0.29) is 0 Å². The molecule has 3 N–H and O–H groups in total. The van der Waals surface area contributed by atoms with Crippen LogP contribution in [0.1, 0.15) is 17.7 Å². The molecule has 2 aliphatic rings. The molecular weight excluding hydrogens is 629 g/mol. The Bertz CT molecular complexity index is 1100. The maximum atomic E-state index is 10.6. The second-order valence-electron chi connectivity index (χ2n) is 8.90. The second-order valence-corrected chi connectivity index (χ2v) is 8.90. The zero-order chi connectivity index (χ0) is 33.7. The molecule has 0 aromatic carbocycles. The van der Waals surface area contributed by atoms with Crippen LogP contribution in [-0.2, 0) is 32.3 Å². The Morgan fingerprint density at radius 1 is 0.864 bits per heavy atom. The number of piperazine rings is 1. The Morgan fingerprint density at radius 2 is 1.41 bits per heavy atom. The van der Waals surface area contributed by atoms with Crippen molar-refractivity contribution in [3.63, 3.8) is 0 Å². The summed E-state index contributed by atoms with van der Waals surface area (Å²) < 4.78 is 107. The molecule has 20 heteroatoms. The molecule has 4 rings (SSSR count). The lowest BCUT2D eigenvalue weighted by Crippen LogP contribution is -2.49. The highest BCUT2D eigenvalue weighted by atomic mass is 19.4. The standard InChI is InChI=1S/C18H23N3O2.3C2HF3O2/c1-3-15(10-19-5-1)14-23-18-9-16-11-20(6-7-21(16)13-18)12-17-4-2-8-22-17;3*3-2(4,5)1(6)7/h1-5,8,10,16,18H,6-7,9,11-14H2;3*(H,6,7). The van der Waals surface area contributed by atoms with Crippen molar-refractivity contribution in [1.82, 2.24) is 14.8 Å². The summed E-state index contributed by atoms with van der Waals surface area (Å²) in [6.45, 7) is 5.96. The van der Waals surface area contributed by atoms with Gasteiger partial charge in [0.2, 0.25) is 0 Å². The minimum absolute atomic E-state index is 0.337. The summed E-state index contributed by atoms with van der Waals surface area (Å²) in [5.41, 5.74) is 1.15. The highest BCUT2D eigenvalue weighted by Gasteiger charge is 2.40. The molecule has 2 unspecified atom stereocenters. The lowest BCUT2D eigenvalue weighted by molar-refractivity contribution is -0.193. The van der Waals surface area contributed by atoms with Gasteiger partial charge in [-0.2, -0.15) is 39.5 Å². The van der Waals surface area contributed by atoms with E-state index < -0.39 is 36.4 Å². The number of aliphatic carboxylic acids is 3. The number of carboxylic acid groups (broad SMARTS) is 3. The average molecular weight is 655 g/mol. The summed E-state index contributed by atoms with van der Waals surface area (Å²) in [5, 5.41) is 21.4. The molecule has 2 aromatic rings. The fourth-order valence-electron chi connectivity index (χ4n) is 3.65. The molecule has 0 spiro atoms. The number of halogens is 9. The Labute approximate surface area is 242 Å². The van der Waals surface area contributed by atoms with E-state index in [9.17, 15) is 39.5 Å². The molecule has 4 heterocycles. The molecule has 2 saturated heterocycles. The molecule has 0 aliphatic carbocycles. The highest BCUT2D eigenvalue weighted by molar-refractivity contribution is 5.73. The van der Waals surface area contributed by atoms with Gasteiger partial charge < -0.3 is 24.5 Å². The van der Waals surface area contributed by atoms with E-state index in [1.807, 2.05) is 18.3 Å². The van der Waals surface area contributed by atoms with Gasteiger partial charge in [-0.1, -0.05) is 6.07 Å². The smallest absolute Gasteiger partial charge is 0.475 e. The number of nitrogens with zero attached hydrogens (tertiary/aromatic N) is 3. The number of furan rings is 1. The summed E-state index contributed by atoms with van der Waals surface area (Å²) in [6, 6.07) is 8.66. The molecule has 0 saturated carbocycles. The van der Waals surface area contributed by atoms with Crippen LogP contribution in [0, 0.1) is 0 Å². The predicted molar refractivity (Wildman–Crippen MR) is 128 cm³/mol. The molecule has 0 amide bonds. The maximum Gasteiger partial charge on any atom is 0.490 e. The van der Waals surface area contributed by atoms with Gasteiger partial charge in [-0.25, -0.2) is 14.4 Å². The SMILES string of the molecule is O=C(O)C(F)(F)F.O=C(O)C(F)(F)F.O=C(O)C(F)(F)F.c1cncc(COC2CC3CN(Cc4ccco4)CCN3C2)c1. The van der Waals surface area contributed by atoms with E-state index in [4.69, 9.17) is 38.9 Å². The number of alkyl halides is 9. The van der Waals surface area contributed by atoms with Crippen LogP contribution in [0.5, 0.6) is 0 Å². The summed E-state index contributed by atoms with van der Waals surface area (Å²) >= 11 is 0. The number of carbonyl (C=O) groups is 3. The third kappa shape index (κ3) is 15.0. The number of rotatable bonds is 5. The van der Waals surface area contributed by atoms with Gasteiger partial charge >= 0.3 is 36.4 Å². The van der Waals surface area contributed by atoms with Crippen molar-refractivity contribution in [3.05, 3.63) is 54.2 Å². The van der Waals surface area contributed by atoms with Gasteiger partial charge in [0.1, 0.15) is 5.76 Å². The quantitative estimate of drug-likeness (QED) is 0.400. The van der Waals surface area contributed by atoms with Gasteiger partial charge in [0.25, 0.3) is 0 Å². The predicted octanol–water partition coefficient (Wildman–Crippen LogP) is 4.05. The summed E-state index contributed by atoms with van der Waals surface area (Å²) in [7, 11) is 0. The van der Waals surface area contributed by atoms with E-state index in [1.54, 1.807) is 12.5 Å². The van der Waals surface area contributed by atoms with Gasteiger partial charge in [-0.05, 0) is 30.2 Å². The zero-order valence-electron chi connectivity index (χ0n) is 22.3. The van der Waals surface area contributed by atoms with Crippen molar-refractivity contribution in [2.45, 2.75) is 50.2 Å². The number of ether oxygens (including phenoxy) is 1. The third-order valence-electron chi connectivity index (χ3n) is 5.56. The fourth-order valence-corrected chi connectivity index (χ4v) is 3.65. The Balaban J connectivity index is 0.000000379. The first-order valence-electron chi connectivity index (χ1n) is 12.1. The van der Waals surface area contributed by atoms with Crippen molar-refractivity contribution in [2.24, 2.45) is 0 Å². The third-order valence-corrected chi connectivity index (χ3v) is 5.56. The van der Waals surface area contributed by atoms with Crippen LogP contribution in [0.15, 0.2) is 47.3 Å². The Kier molecular flexibility index (Phi) is 14.6. The van der Waals surface area contributed by atoms with Gasteiger partial charge in [0.05, 0.1) is 25.5 Å². The second kappa shape index (κ2) is 16.8. The highest BCUT2D eigenvalue weighted by Crippen LogP contribution is 2.25. The van der Waals surface area contributed by atoms with Gasteiger partial charge in [0, 0.05) is 44.6 Å². The van der Waals surface area contributed by atoms with Crippen LogP contribution in [-0.4, -0.2) is 105 Å². The number of aromatic nitrogens is 1. The van der Waals surface area contributed by atoms with Crippen molar-refractivity contribution in [1.29, 1.82) is 0 Å². The summed E-state index contributed by atoms with van der Waals surface area (Å²) in [5.74, 6) is -7.21. The normalized spacial score (nSPS) is 18.8. The Hall–Kier alpha value is -3.91. The minimum Gasteiger partial charge on any atom is -0.475 e. The lowest BCUT2D eigenvalue weighted by Gasteiger charge is -2.36. The topological polar surface area (TPSA) is 154 Å². The molecule has 248 valence electrons. The zero-order valence-corrected chi connectivity index (χ0v) is 22.3. The summed E-state index contributed by atoms with van der Waals surface area (Å²) in [4.78, 5) is 35.9. The molecular formula is C24H26F9N3O8. The van der Waals surface area contributed by atoms with E-state index in [1.165, 1.54) is 0 Å². The monoisotopic (exact) mass is 655 g/mol. The van der Waals surface area contributed by atoms with Gasteiger partial charge in [-0.3, -0.25) is 14.8 Å². The molecule has 2 atom stereocenters. The minimum atomic E-state index is -5.08. The average Bonchev–Trinajstić information content (AvgIpc) is 3.57. The first kappa shape index (κ1) is 38.1. The van der Waals surface area contributed by atoms with Crippen LogP contribution in [0.3, 0.4) is 0 Å². The lowest BCUT2D eigenvalue weighted by atomic mass is 10.1. The fraction of sp³-hybridized carbons (Fsp3) is 0.500. The Morgan fingerprint density at radius 3 is 1.84 bits per heavy atom.